The molecule has 104 valence electrons. The SMILES string of the molecule is Cc1cc(-c2ccccc2)c(-c2ccccc2)c(C)c1C. The van der Waals surface area contributed by atoms with E-state index in [0.29, 0.717) is 0 Å². The minimum atomic E-state index is 1.28. The summed E-state index contributed by atoms with van der Waals surface area (Å²) in [5, 5.41) is 0. The van der Waals surface area contributed by atoms with E-state index in [1.54, 1.807) is 0 Å². The zero-order valence-electron chi connectivity index (χ0n) is 12.9. The summed E-state index contributed by atoms with van der Waals surface area (Å²) in [7, 11) is 0. The van der Waals surface area contributed by atoms with Gasteiger partial charge in [0.05, 0.1) is 0 Å². The van der Waals surface area contributed by atoms with Crippen LogP contribution in [0.3, 0.4) is 0 Å². The summed E-state index contributed by atoms with van der Waals surface area (Å²) in [5.74, 6) is 0. The minimum Gasteiger partial charge on any atom is -0.0622 e. The Morgan fingerprint density at radius 1 is 0.571 bits per heavy atom. The van der Waals surface area contributed by atoms with Gasteiger partial charge in [-0.1, -0.05) is 66.7 Å². The van der Waals surface area contributed by atoms with E-state index in [9.17, 15) is 0 Å². The number of hydrogen-bond acceptors (Lipinski definition) is 0. The Kier molecular flexibility index (Phi) is 3.62. The Bertz CT molecular complexity index is 753. The predicted octanol–water partition coefficient (Wildman–Crippen LogP) is 5.95. The largest absolute Gasteiger partial charge is 0.0622 e. The van der Waals surface area contributed by atoms with E-state index in [4.69, 9.17) is 0 Å². The quantitative estimate of drug-likeness (QED) is 0.541. The molecule has 0 radical (unpaired) electrons. The fourth-order valence-corrected chi connectivity index (χ4v) is 2.90. The average Bonchev–Trinajstić information content (AvgIpc) is 2.54. The minimum absolute atomic E-state index is 1.28. The number of aryl methyl sites for hydroxylation is 1. The van der Waals surface area contributed by atoms with Gasteiger partial charge in [-0.15, -0.1) is 0 Å². The van der Waals surface area contributed by atoms with Crippen LogP contribution in [0, 0.1) is 20.8 Å². The van der Waals surface area contributed by atoms with Gasteiger partial charge in [0.15, 0.2) is 0 Å². The molecule has 0 aliphatic carbocycles. The summed E-state index contributed by atoms with van der Waals surface area (Å²) >= 11 is 0. The number of rotatable bonds is 2. The molecule has 0 N–H and O–H groups in total. The van der Waals surface area contributed by atoms with E-state index in [-0.39, 0.29) is 0 Å². The van der Waals surface area contributed by atoms with Crippen molar-refractivity contribution < 1.29 is 0 Å². The fraction of sp³-hybridized carbons (Fsp3) is 0.143. The molecule has 3 rings (SSSR count). The molecule has 0 bridgehead atoms. The highest BCUT2D eigenvalue weighted by atomic mass is 14.2. The molecule has 3 aromatic rings. The first-order valence-electron chi connectivity index (χ1n) is 7.40. The molecule has 0 aromatic heterocycles. The maximum absolute atomic E-state index is 2.32. The van der Waals surface area contributed by atoms with Crippen molar-refractivity contribution in [2.24, 2.45) is 0 Å². The van der Waals surface area contributed by atoms with E-state index < -0.39 is 0 Å². The van der Waals surface area contributed by atoms with Gasteiger partial charge in [-0.3, -0.25) is 0 Å². The van der Waals surface area contributed by atoms with E-state index in [2.05, 4.69) is 87.5 Å². The van der Waals surface area contributed by atoms with Gasteiger partial charge in [0.2, 0.25) is 0 Å². The van der Waals surface area contributed by atoms with Crippen molar-refractivity contribution in [3.63, 3.8) is 0 Å². The molecule has 0 unspecified atom stereocenters. The molecule has 0 fully saturated rings. The Morgan fingerprint density at radius 3 is 1.67 bits per heavy atom. The van der Waals surface area contributed by atoms with Gasteiger partial charge in [-0.25, -0.2) is 0 Å². The second-order valence-corrected chi connectivity index (χ2v) is 5.60. The fourth-order valence-electron chi connectivity index (χ4n) is 2.90. The van der Waals surface area contributed by atoms with Gasteiger partial charge in [-0.2, -0.15) is 0 Å². The van der Waals surface area contributed by atoms with Crippen molar-refractivity contribution in [1.82, 2.24) is 0 Å². The summed E-state index contributed by atoms with van der Waals surface area (Å²) in [6, 6.07) is 23.7. The lowest BCUT2D eigenvalue weighted by molar-refractivity contribution is 1.27. The summed E-state index contributed by atoms with van der Waals surface area (Å²) in [6.45, 7) is 6.65. The highest BCUT2D eigenvalue weighted by Gasteiger charge is 2.13. The summed E-state index contributed by atoms with van der Waals surface area (Å²) < 4.78 is 0. The third-order valence-electron chi connectivity index (χ3n) is 4.31. The van der Waals surface area contributed by atoms with E-state index in [1.165, 1.54) is 38.9 Å². The van der Waals surface area contributed by atoms with E-state index >= 15 is 0 Å². The van der Waals surface area contributed by atoms with Crippen molar-refractivity contribution >= 4 is 0 Å². The molecule has 0 saturated carbocycles. The van der Waals surface area contributed by atoms with Gasteiger partial charge in [0, 0.05) is 0 Å². The molecule has 0 heterocycles. The maximum atomic E-state index is 2.32. The second kappa shape index (κ2) is 5.57. The van der Waals surface area contributed by atoms with Crippen molar-refractivity contribution in [3.8, 4) is 22.3 Å². The number of hydrogen-bond donors (Lipinski definition) is 0. The Hall–Kier alpha value is -2.34. The molecule has 0 amide bonds. The summed E-state index contributed by atoms with van der Waals surface area (Å²) in [5.41, 5.74) is 9.35. The average molecular weight is 272 g/mol. The first-order chi connectivity index (χ1) is 10.2. The van der Waals surface area contributed by atoms with Crippen LogP contribution in [0.2, 0.25) is 0 Å². The van der Waals surface area contributed by atoms with Crippen molar-refractivity contribution in [2.75, 3.05) is 0 Å². The van der Waals surface area contributed by atoms with Crippen molar-refractivity contribution in [2.45, 2.75) is 20.8 Å². The zero-order chi connectivity index (χ0) is 14.8. The van der Waals surface area contributed by atoms with Crippen LogP contribution in [0.5, 0.6) is 0 Å². The first-order valence-corrected chi connectivity index (χ1v) is 7.40. The van der Waals surface area contributed by atoms with E-state index in [1.807, 2.05) is 0 Å². The molecule has 3 aromatic carbocycles. The maximum Gasteiger partial charge on any atom is -0.00733 e. The van der Waals surface area contributed by atoms with Crippen LogP contribution in [-0.2, 0) is 0 Å². The lowest BCUT2D eigenvalue weighted by Crippen LogP contribution is -1.95. The van der Waals surface area contributed by atoms with Crippen LogP contribution in [0.4, 0.5) is 0 Å². The van der Waals surface area contributed by atoms with Crippen LogP contribution in [-0.4, -0.2) is 0 Å². The van der Waals surface area contributed by atoms with Crippen LogP contribution < -0.4 is 0 Å². The van der Waals surface area contributed by atoms with Crippen LogP contribution in [0.15, 0.2) is 66.7 Å². The van der Waals surface area contributed by atoms with Gasteiger partial charge in [0.25, 0.3) is 0 Å². The van der Waals surface area contributed by atoms with Gasteiger partial charge in [-0.05, 0) is 59.7 Å². The Labute approximate surface area is 127 Å². The summed E-state index contributed by atoms with van der Waals surface area (Å²) in [4.78, 5) is 0. The predicted molar refractivity (Wildman–Crippen MR) is 91.5 cm³/mol. The van der Waals surface area contributed by atoms with Crippen molar-refractivity contribution in [1.29, 1.82) is 0 Å². The van der Waals surface area contributed by atoms with Crippen LogP contribution in [0.1, 0.15) is 16.7 Å². The Balaban J connectivity index is 2.34. The Morgan fingerprint density at radius 2 is 1.10 bits per heavy atom. The second-order valence-electron chi connectivity index (χ2n) is 5.60. The molecule has 0 aliphatic rings. The van der Waals surface area contributed by atoms with E-state index in [0.717, 1.165) is 0 Å². The van der Waals surface area contributed by atoms with Crippen LogP contribution in [0.25, 0.3) is 22.3 Å². The molecule has 21 heavy (non-hydrogen) atoms. The third-order valence-corrected chi connectivity index (χ3v) is 4.31. The van der Waals surface area contributed by atoms with Crippen LogP contribution >= 0.6 is 0 Å². The summed E-state index contributed by atoms with van der Waals surface area (Å²) in [6.07, 6.45) is 0. The lowest BCUT2D eigenvalue weighted by atomic mass is 9.86. The molecule has 0 nitrogen and oxygen atoms in total. The monoisotopic (exact) mass is 272 g/mol. The molecule has 0 spiro atoms. The highest BCUT2D eigenvalue weighted by Crippen LogP contribution is 2.37. The topological polar surface area (TPSA) is 0 Å². The lowest BCUT2D eigenvalue weighted by Gasteiger charge is -2.18. The third kappa shape index (κ3) is 2.50. The molecular formula is C21H20. The zero-order valence-corrected chi connectivity index (χ0v) is 12.9. The molecule has 0 atom stereocenters. The van der Waals surface area contributed by atoms with Gasteiger partial charge < -0.3 is 0 Å². The number of benzene rings is 3. The molecule has 0 heteroatoms. The smallest absolute Gasteiger partial charge is 0.00733 e. The van der Waals surface area contributed by atoms with Crippen molar-refractivity contribution in [3.05, 3.63) is 83.4 Å². The standard InChI is InChI=1S/C21H20/c1-15-14-20(18-10-6-4-7-11-18)21(17(3)16(15)2)19-12-8-5-9-13-19/h4-14H,1-3H3. The normalized spacial score (nSPS) is 10.6. The molecule has 0 aliphatic heterocycles. The highest BCUT2D eigenvalue weighted by molar-refractivity contribution is 5.87. The molecule has 0 saturated heterocycles. The molecular weight excluding hydrogens is 252 g/mol. The van der Waals surface area contributed by atoms with Gasteiger partial charge >= 0.3 is 0 Å². The first kappa shape index (κ1) is 13.6. The van der Waals surface area contributed by atoms with Gasteiger partial charge in [0.1, 0.15) is 0 Å².